The largest absolute Gasteiger partial charge is 0.339 e. The van der Waals surface area contributed by atoms with Gasteiger partial charge < -0.3 is 9.80 Å². The Labute approximate surface area is 155 Å². The number of aromatic nitrogens is 4. The molecule has 0 saturated carbocycles. The second-order valence-electron chi connectivity index (χ2n) is 6.23. The lowest BCUT2D eigenvalue weighted by atomic mass is 10.1. The van der Waals surface area contributed by atoms with Crippen LogP contribution in [0.25, 0.3) is 5.69 Å². The minimum Gasteiger partial charge on any atom is -0.339 e. The van der Waals surface area contributed by atoms with Crippen molar-refractivity contribution >= 4 is 23.2 Å². The Morgan fingerprint density at radius 2 is 1.88 bits per heavy atom. The number of aryl methyl sites for hydroxylation is 1. The summed E-state index contributed by atoms with van der Waals surface area (Å²) >= 11 is 1.67. The molecule has 8 heteroatoms. The fourth-order valence-electron chi connectivity index (χ4n) is 3.12. The first-order valence-corrected chi connectivity index (χ1v) is 9.63. The molecule has 1 amide bonds. The molecule has 1 aromatic carbocycles. The van der Waals surface area contributed by atoms with Crippen LogP contribution in [-0.2, 0) is 11.2 Å². The molecule has 3 aromatic rings. The number of hydrogen-bond donors (Lipinski definition) is 0. The second-order valence-corrected chi connectivity index (χ2v) is 7.01. The van der Waals surface area contributed by atoms with Crippen molar-refractivity contribution < 1.29 is 4.79 Å². The van der Waals surface area contributed by atoms with E-state index in [-0.39, 0.29) is 5.91 Å². The van der Waals surface area contributed by atoms with Gasteiger partial charge in [-0.25, -0.2) is 0 Å². The molecule has 2 aromatic heterocycles. The Bertz CT molecular complexity index is 840. The van der Waals surface area contributed by atoms with Gasteiger partial charge in [-0.2, -0.15) is 16.0 Å². The minimum absolute atomic E-state index is 0.221. The van der Waals surface area contributed by atoms with E-state index in [9.17, 15) is 4.79 Å². The number of tetrazole rings is 1. The molecular weight excluding hydrogens is 348 g/mol. The molecule has 4 rings (SSSR count). The van der Waals surface area contributed by atoms with Crippen molar-refractivity contribution in [1.82, 2.24) is 25.1 Å². The van der Waals surface area contributed by atoms with Crippen molar-refractivity contribution in [2.45, 2.75) is 12.8 Å². The Balaban J connectivity index is 1.35. The summed E-state index contributed by atoms with van der Waals surface area (Å²) in [5.74, 6) is 0.945. The fourth-order valence-corrected chi connectivity index (χ4v) is 3.82. The van der Waals surface area contributed by atoms with E-state index in [2.05, 4.69) is 37.3 Å². The molecule has 0 radical (unpaired) electrons. The average molecular weight is 368 g/mol. The highest BCUT2D eigenvalue weighted by Crippen LogP contribution is 2.17. The topological polar surface area (TPSA) is 67.2 Å². The molecule has 0 N–H and O–H groups in total. The number of thiophene rings is 1. The highest BCUT2D eigenvalue weighted by atomic mass is 32.1. The summed E-state index contributed by atoms with van der Waals surface area (Å²) in [6, 6.07) is 11.9. The van der Waals surface area contributed by atoms with Gasteiger partial charge >= 0.3 is 0 Å². The number of carbonyl (C=O) groups is 1. The van der Waals surface area contributed by atoms with Crippen molar-refractivity contribution in [3.8, 4) is 5.69 Å². The molecule has 7 nitrogen and oxygen atoms in total. The molecule has 1 saturated heterocycles. The zero-order chi connectivity index (χ0) is 17.8. The quantitative estimate of drug-likeness (QED) is 0.689. The molecule has 134 valence electrons. The molecule has 26 heavy (non-hydrogen) atoms. The van der Waals surface area contributed by atoms with Crippen LogP contribution < -0.4 is 4.90 Å². The van der Waals surface area contributed by atoms with Crippen molar-refractivity contribution in [3.05, 3.63) is 52.7 Å². The van der Waals surface area contributed by atoms with Crippen LogP contribution in [0.3, 0.4) is 0 Å². The maximum atomic E-state index is 12.4. The molecule has 0 spiro atoms. The van der Waals surface area contributed by atoms with Crippen LogP contribution in [0.1, 0.15) is 12.0 Å². The van der Waals surface area contributed by atoms with E-state index < -0.39 is 0 Å². The average Bonchev–Trinajstić information content (AvgIpc) is 3.39. The van der Waals surface area contributed by atoms with E-state index in [0.29, 0.717) is 19.5 Å². The molecular formula is C18H20N6OS. The van der Waals surface area contributed by atoms with Gasteiger partial charge in [0.25, 0.3) is 0 Å². The number of benzene rings is 1. The smallest absolute Gasteiger partial charge is 0.250 e. The zero-order valence-electron chi connectivity index (χ0n) is 14.4. The molecule has 1 fully saturated rings. The summed E-state index contributed by atoms with van der Waals surface area (Å²) in [6.07, 6.45) is 1.38. The number of para-hydroxylation sites is 1. The predicted molar refractivity (Wildman–Crippen MR) is 101 cm³/mol. The Kier molecular flexibility index (Phi) is 4.92. The molecule has 0 unspecified atom stereocenters. The first-order valence-electron chi connectivity index (χ1n) is 8.69. The van der Waals surface area contributed by atoms with Crippen molar-refractivity contribution in [2.75, 3.05) is 31.1 Å². The third-order valence-electron chi connectivity index (χ3n) is 4.58. The van der Waals surface area contributed by atoms with E-state index in [1.165, 1.54) is 5.56 Å². The number of anilines is 1. The summed E-state index contributed by atoms with van der Waals surface area (Å²) < 4.78 is 1.74. The van der Waals surface area contributed by atoms with Gasteiger partial charge in [-0.1, -0.05) is 23.3 Å². The summed E-state index contributed by atoms with van der Waals surface area (Å²) in [5, 5.41) is 16.3. The van der Waals surface area contributed by atoms with E-state index in [1.54, 1.807) is 16.0 Å². The van der Waals surface area contributed by atoms with Gasteiger partial charge in [0.15, 0.2) is 0 Å². The van der Waals surface area contributed by atoms with E-state index in [0.717, 1.165) is 31.1 Å². The lowest BCUT2D eigenvalue weighted by Gasteiger charge is -2.34. The first kappa shape index (κ1) is 16.7. The lowest BCUT2D eigenvalue weighted by molar-refractivity contribution is -0.131. The third-order valence-corrected chi connectivity index (χ3v) is 5.31. The van der Waals surface area contributed by atoms with E-state index >= 15 is 0 Å². The number of carbonyl (C=O) groups excluding carboxylic acids is 1. The molecule has 1 aliphatic rings. The number of hydrogen-bond acceptors (Lipinski definition) is 6. The van der Waals surface area contributed by atoms with Crippen LogP contribution in [0.5, 0.6) is 0 Å². The van der Waals surface area contributed by atoms with Crippen LogP contribution in [0.4, 0.5) is 5.95 Å². The normalized spacial score (nSPS) is 14.6. The van der Waals surface area contributed by atoms with Gasteiger partial charge in [0.1, 0.15) is 0 Å². The second kappa shape index (κ2) is 7.65. The van der Waals surface area contributed by atoms with Crippen molar-refractivity contribution in [3.63, 3.8) is 0 Å². The summed E-state index contributed by atoms with van der Waals surface area (Å²) in [6.45, 7) is 2.86. The standard InChI is InChI=1S/C18H20N6OS/c25-17(7-6-15-8-13-26-14-15)22-9-11-23(12-10-22)18-19-20-21-24(18)16-4-2-1-3-5-16/h1-5,8,13-14H,6-7,9-12H2. The number of nitrogens with zero attached hydrogens (tertiary/aromatic N) is 6. The van der Waals surface area contributed by atoms with Gasteiger partial charge in [-0.05, 0) is 51.4 Å². The molecule has 0 aliphatic carbocycles. The van der Waals surface area contributed by atoms with Crippen LogP contribution >= 0.6 is 11.3 Å². The van der Waals surface area contributed by atoms with Gasteiger partial charge in [0, 0.05) is 32.6 Å². The van der Waals surface area contributed by atoms with Gasteiger partial charge in [-0.15, -0.1) is 0 Å². The maximum absolute atomic E-state index is 12.4. The van der Waals surface area contributed by atoms with Crippen molar-refractivity contribution in [1.29, 1.82) is 0 Å². The maximum Gasteiger partial charge on any atom is 0.250 e. The number of piperazine rings is 1. The van der Waals surface area contributed by atoms with Crippen molar-refractivity contribution in [2.24, 2.45) is 0 Å². The highest BCUT2D eigenvalue weighted by Gasteiger charge is 2.24. The molecule has 0 bridgehead atoms. The van der Waals surface area contributed by atoms with Crippen LogP contribution in [-0.4, -0.2) is 57.2 Å². The fraction of sp³-hybridized carbons (Fsp3) is 0.333. The summed E-state index contributed by atoms with van der Waals surface area (Å²) in [4.78, 5) is 16.5. The number of rotatable bonds is 5. The van der Waals surface area contributed by atoms with E-state index in [4.69, 9.17) is 0 Å². The SMILES string of the molecule is O=C(CCc1ccsc1)N1CCN(c2nnnn2-c2ccccc2)CC1. The zero-order valence-corrected chi connectivity index (χ0v) is 15.2. The van der Waals surface area contributed by atoms with Gasteiger partial charge in [0.05, 0.1) is 5.69 Å². The lowest BCUT2D eigenvalue weighted by Crippen LogP contribution is -2.49. The van der Waals surface area contributed by atoms with Crippen LogP contribution in [0.15, 0.2) is 47.2 Å². The number of amides is 1. The summed E-state index contributed by atoms with van der Waals surface area (Å²) in [7, 11) is 0. The Morgan fingerprint density at radius 1 is 1.08 bits per heavy atom. The third kappa shape index (κ3) is 3.60. The monoisotopic (exact) mass is 368 g/mol. The molecule has 1 aliphatic heterocycles. The van der Waals surface area contributed by atoms with Crippen LogP contribution in [0.2, 0.25) is 0 Å². The predicted octanol–water partition coefficient (Wildman–Crippen LogP) is 2.01. The molecule has 0 atom stereocenters. The van der Waals surface area contributed by atoms with Gasteiger partial charge in [0.2, 0.25) is 11.9 Å². The van der Waals surface area contributed by atoms with Crippen LogP contribution in [0, 0.1) is 0 Å². The van der Waals surface area contributed by atoms with E-state index in [1.807, 2.05) is 35.2 Å². The van der Waals surface area contributed by atoms with Gasteiger partial charge in [-0.3, -0.25) is 4.79 Å². The molecule has 3 heterocycles. The Morgan fingerprint density at radius 3 is 2.62 bits per heavy atom. The summed E-state index contributed by atoms with van der Waals surface area (Å²) in [5.41, 5.74) is 2.17. The Hall–Kier alpha value is -2.74. The minimum atomic E-state index is 0.221. The first-order chi connectivity index (χ1) is 12.8. The highest BCUT2D eigenvalue weighted by molar-refractivity contribution is 7.07.